The standard InChI is InChI=1S/C17H20N6O4/c1-10-7-13(20-21(10)4)8-18-17(24)15-6-5-14(27-15)9-22-12(3)16(23(25)26)11(2)19-22/h5-7H,8-9H2,1-4H3,(H,18,24). The molecule has 0 unspecified atom stereocenters. The van der Waals surface area contributed by atoms with Gasteiger partial charge in [-0.3, -0.25) is 24.3 Å². The van der Waals surface area contributed by atoms with Gasteiger partial charge in [0.05, 0.1) is 23.7 Å². The zero-order valence-electron chi connectivity index (χ0n) is 15.5. The quantitative estimate of drug-likeness (QED) is 0.522. The van der Waals surface area contributed by atoms with Crippen molar-refractivity contribution in [1.29, 1.82) is 0 Å². The summed E-state index contributed by atoms with van der Waals surface area (Å²) in [7, 11) is 1.84. The molecule has 1 amide bonds. The van der Waals surface area contributed by atoms with Crippen LogP contribution in [-0.4, -0.2) is 30.4 Å². The van der Waals surface area contributed by atoms with E-state index in [2.05, 4.69) is 15.5 Å². The normalized spacial score (nSPS) is 11.0. The Morgan fingerprint density at radius 3 is 2.63 bits per heavy atom. The molecule has 3 heterocycles. The van der Waals surface area contributed by atoms with Crippen LogP contribution in [0.4, 0.5) is 5.69 Å². The Bertz CT molecular complexity index is 993. The summed E-state index contributed by atoms with van der Waals surface area (Å²) in [6, 6.07) is 5.11. The third kappa shape index (κ3) is 3.73. The van der Waals surface area contributed by atoms with Gasteiger partial charge >= 0.3 is 5.69 Å². The summed E-state index contributed by atoms with van der Waals surface area (Å²) in [5.41, 5.74) is 2.52. The van der Waals surface area contributed by atoms with Crippen LogP contribution in [0.2, 0.25) is 0 Å². The van der Waals surface area contributed by atoms with Crippen molar-refractivity contribution < 1.29 is 14.1 Å². The first kappa shape index (κ1) is 18.4. The summed E-state index contributed by atoms with van der Waals surface area (Å²) >= 11 is 0. The molecule has 3 aromatic heterocycles. The third-order valence-corrected chi connectivity index (χ3v) is 4.31. The van der Waals surface area contributed by atoms with Gasteiger partial charge in [-0.05, 0) is 39.0 Å². The summed E-state index contributed by atoms with van der Waals surface area (Å²) < 4.78 is 8.79. The second-order valence-electron chi connectivity index (χ2n) is 6.28. The lowest BCUT2D eigenvalue weighted by Crippen LogP contribution is -2.22. The number of aryl methyl sites for hydroxylation is 3. The van der Waals surface area contributed by atoms with E-state index in [1.807, 2.05) is 20.0 Å². The van der Waals surface area contributed by atoms with Crippen LogP contribution in [0.15, 0.2) is 22.6 Å². The van der Waals surface area contributed by atoms with E-state index in [4.69, 9.17) is 4.42 Å². The summed E-state index contributed by atoms with van der Waals surface area (Å²) in [5.74, 6) is 0.284. The number of amides is 1. The lowest BCUT2D eigenvalue weighted by molar-refractivity contribution is -0.386. The number of carbonyl (C=O) groups is 1. The molecule has 0 aliphatic rings. The molecule has 10 nitrogen and oxygen atoms in total. The van der Waals surface area contributed by atoms with Crippen LogP contribution in [0.1, 0.15) is 39.1 Å². The molecule has 27 heavy (non-hydrogen) atoms. The number of nitrogens with zero attached hydrogens (tertiary/aromatic N) is 5. The number of furan rings is 1. The van der Waals surface area contributed by atoms with Gasteiger partial charge in [-0.15, -0.1) is 0 Å². The van der Waals surface area contributed by atoms with E-state index in [1.54, 1.807) is 30.7 Å². The lowest BCUT2D eigenvalue weighted by Gasteiger charge is -2.02. The van der Waals surface area contributed by atoms with E-state index in [0.717, 1.165) is 11.4 Å². The Labute approximate surface area is 154 Å². The average Bonchev–Trinajstić information content (AvgIpc) is 3.25. The van der Waals surface area contributed by atoms with Crippen LogP contribution in [0.25, 0.3) is 0 Å². The van der Waals surface area contributed by atoms with Crippen molar-refractivity contribution in [3.63, 3.8) is 0 Å². The van der Waals surface area contributed by atoms with Crippen LogP contribution in [-0.2, 0) is 20.1 Å². The van der Waals surface area contributed by atoms with Gasteiger partial charge in [0.15, 0.2) is 5.76 Å². The van der Waals surface area contributed by atoms with Crippen molar-refractivity contribution in [2.75, 3.05) is 0 Å². The Hall–Kier alpha value is -3.43. The summed E-state index contributed by atoms with van der Waals surface area (Å²) in [6.45, 7) is 5.64. The van der Waals surface area contributed by atoms with E-state index in [9.17, 15) is 14.9 Å². The number of hydrogen-bond acceptors (Lipinski definition) is 6. The fourth-order valence-electron chi connectivity index (χ4n) is 2.82. The number of aromatic nitrogens is 4. The number of rotatable bonds is 6. The van der Waals surface area contributed by atoms with Crippen molar-refractivity contribution in [1.82, 2.24) is 24.9 Å². The monoisotopic (exact) mass is 372 g/mol. The van der Waals surface area contributed by atoms with Gasteiger partial charge < -0.3 is 9.73 Å². The van der Waals surface area contributed by atoms with Crippen LogP contribution in [0.5, 0.6) is 0 Å². The maximum Gasteiger partial charge on any atom is 0.312 e. The lowest BCUT2D eigenvalue weighted by atomic mass is 10.3. The number of nitro groups is 1. The minimum Gasteiger partial charge on any atom is -0.454 e. The highest BCUT2D eigenvalue weighted by Crippen LogP contribution is 2.23. The highest BCUT2D eigenvalue weighted by atomic mass is 16.6. The molecular formula is C17H20N6O4. The smallest absolute Gasteiger partial charge is 0.312 e. The molecule has 0 spiro atoms. The third-order valence-electron chi connectivity index (χ3n) is 4.31. The van der Waals surface area contributed by atoms with E-state index >= 15 is 0 Å². The van der Waals surface area contributed by atoms with Crippen LogP contribution in [0.3, 0.4) is 0 Å². The average molecular weight is 372 g/mol. The van der Waals surface area contributed by atoms with Crippen molar-refractivity contribution in [2.45, 2.75) is 33.9 Å². The van der Waals surface area contributed by atoms with E-state index in [1.165, 1.54) is 4.68 Å². The highest BCUT2D eigenvalue weighted by molar-refractivity contribution is 5.91. The van der Waals surface area contributed by atoms with Gasteiger partial charge in [0.1, 0.15) is 17.1 Å². The Morgan fingerprint density at radius 1 is 1.30 bits per heavy atom. The van der Waals surface area contributed by atoms with Gasteiger partial charge in [0.2, 0.25) is 0 Å². The summed E-state index contributed by atoms with van der Waals surface area (Å²) in [5, 5.41) is 22.3. The first-order chi connectivity index (χ1) is 12.8. The molecule has 10 heteroatoms. The number of carbonyl (C=O) groups excluding carboxylic acids is 1. The van der Waals surface area contributed by atoms with Crippen molar-refractivity contribution in [3.05, 3.63) is 62.6 Å². The van der Waals surface area contributed by atoms with Gasteiger partial charge in [-0.2, -0.15) is 10.2 Å². The molecule has 3 rings (SSSR count). The molecule has 0 aliphatic heterocycles. The first-order valence-electron chi connectivity index (χ1n) is 8.31. The zero-order chi connectivity index (χ0) is 19.7. The fourth-order valence-corrected chi connectivity index (χ4v) is 2.82. The molecule has 0 radical (unpaired) electrons. The number of nitrogens with one attached hydrogen (secondary N) is 1. The first-order valence-corrected chi connectivity index (χ1v) is 8.31. The van der Waals surface area contributed by atoms with Crippen molar-refractivity contribution >= 4 is 11.6 Å². The molecule has 142 valence electrons. The molecule has 0 bridgehead atoms. The van der Waals surface area contributed by atoms with Gasteiger partial charge in [-0.1, -0.05) is 0 Å². The SMILES string of the molecule is Cc1nn(Cc2ccc(C(=O)NCc3cc(C)n(C)n3)o2)c(C)c1[N+](=O)[O-]. The molecule has 0 atom stereocenters. The Morgan fingerprint density at radius 2 is 2.04 bits per heavy atom. The van der Waals surface area contributed by atoms with Crippen LogP contribution in [0, 0.1) is 30.9 Å². The molecule has 0 aromatic carbocycles. The second kappa shape index (κ2) is 7.06. The molecule has 1 N–H and O–H groups in total. The molecule has 0 fully saturated rings. The van der Waals surface area contributed by atoms with E-state index in [0.29, 0.717) is 23.7 Å². The second-order valence-corrected chi connectivity index (χ2v) is 6.28. The minimum atomic E-state index is -0.450. The molecule has 0 aliphatic carbocycles. The van der Waals surface area contributed by atoms with E-state index < -0.39 is 4.92 Å². The summed E-state index contributed by atoms with van der Waals surface area (Å²) in [6.07, 6.45) is 0. The van der Waals surface area contributed by atoms with E-state index in [-0.39, 0.29) is 23.9 Å². The van der Waals surface area contributed by atoms with Gasteiger partial charge in [-0.25, -0.2) is 0 Å². The molecular weight excluding hydrogens is 352 g/mol. The van der Waals surface area contributed by atoms with Crippen LogP contribution < -0.4 is 5.32 Å². The van der Waals surface area contributed by atoms with Gasteiger partial charge in [0, 0.05) is 12.7 Å². The predicted molar refractivity (Wildman–Crippen MR) is 95.3 cm³/mol. The van der Waals surface area contributed by atoms with Crippen LogP contribution >= 0.6 is 0 Å². The van der Waals surface area contributed by atoms with Gasteiger partial charge in [0.25, 0.3) is 5.91 Å². The summed E-state index contributed by atoms with van der Waals surface area (Å²) in [4.78, 5) is 22.9. The molecule has 3 aromatic rings. The maximum absolute atomic E-state index is 12.2. The minimum absolute atomic E-state index is 0.00910. The molecule has 0 saturated heterocycles. The Balaban J connectivity index is 1.67. The molecule has 0 saturated carbocycles. The maximum atomic E-state index is 12.2. The van der Waals surface area contributed by atoms with Crippen molar-refractivity contribution in [3.8, 4) is 0 Å². The van der Waals surface area contributed by atoms with Crippen molar-refractivity contribution in [2.24, 2.45) is 7.05 Å². The topological polar surface area (TPSA) is 121 Å². The fraction of sp³-hybridized carbons (Fsp3) is 0.353. The zero-order valence-corrected chi connectivity index (χ0v) is 15.5. The number of hydrogen-bond donors (Lipinski definition) is 1. The largest absolute Gasteiger partial charge is 0.454 e. The highest BCUT2D eigenvalue weighted by Gasteiger charge is 2.22. The predicted octanol–water partition coefficient (Wildman–Crippen LogP) is 2.02. The Kier molecular flexibility index (Phi) is 4.80.